The number of sulfonamides is 1. The third-order valence-corrected chi connectivity index (χ3v) is 3.39. The Hall–Kier alpha value is -1.63. The lowest BCUT2D eigenvalue weighted by Gasteiger charge is -2.10. The van der Waals surface area contributed by atoms with Gasteiger partial charge in [0.05, 0.1) is 11.9 Å². The highest BCUT2D eigenvalue weighted by atomic mass is 32.2. The number of carbonyl (C=O) groups is 1. The molecule has 15 heavy (non-hydrogen) atoms. The molecule has 0 amide bonds. The van der Waals surface area contributed by atoms with Gasteiger partial charge in [0.25, 0.3) is 0 Å². The van der Waals surface area contributed by atoms with Crippen LogP contribution in [0.1, 0.15) is 6.92 Å². The number of hydrogen-bond donors (Lipinski definition) is 2. The summed E-state index contributed by atoms with van der Waals surface area (Å²) in [6.45, 7) is 1.10. The van der Waals surface area contributed by atoms with Crippen molar-refractivity contribution in [2.45, 2.75) is 12.2 Å². The maximum atomic E-state index is 11.4. The molecule has 0 fully saturated rings. The molecule has 0 saturated carbocycles. The number of hydrogen-bond acceptors (Lipinski definition) is 4. The summed E-state index contributed by atoms with van der Waals surface area (Å²) in [5.74, 6) is -1.40. The summed E-state index contributed by atoms with van der Waals surface area (Å²) in [6.07, 6.45) is 2.78. The molecule has 1 aromatic heterocycles. The third kappa shape index (κ3) is 2.91. The number of nitrogens with zero attached hydrogens (tertiary/aromatic N) is 1. The Morgan fingerprint density at radius 2 is 2.27 bits per heavy atom. The Labute approximate surface area is 87.0 Å². The van der Waals surface area contributed by atoms with Crippen LogP contribution in [0.5, 0.6) is 0 Å². The number of aliphatic carboxylic acids is 1. The van der Waals surface area contributed by atoms with Gasteiger partial charge in [0, 0.05) is 6.20 Å². The van der Waals surface area contributed by atoms with Gasteiger partial charge in [-0.3, -0.25) is 14.5 Å². The fraction of sp³-hybridized carbons (Fsp3) is 0.250. The first kappa shape index (κ1) is 11.4. The number of carboxylic acid groups (broad SMARTS) is 1. The Balaban J connectivity index is 2.87. The van der Waals surface area contributed by atoms with Crippen molar-refractivity contribution in [3.05, 3.63) is 24.5 Å². The summed E-state index contributed by atoms with van der Waals surface area (Å²) in [7, 11) is -3.90. The lowest BCUT2D eigenvalue weighted by atomic mass is 10.4. The van der Waals surface area contributed by atoms with Gasteiger partial charge in [-0.15, -0.1) is 0 Å². The topological polar surface area (TPSA) is 96.4 Å². The minimum Gasteiger partial charge on any atom is -0.480 e. The van der Waals surface area contributed by atoms with Crippen LogP contribution in [0.2, 0.25) is 0 Å². The summed E-state index contributed by atoms with van der Waals surface area (Å²) in [6, 6.07) is 3.03. The Bertz CT molecular complexity index is 443. The van der Waals surface area contributed by atoms with E-state index in [1.54, 1.807) is 6.07 Å². The van der Waals surface area contributed by atoms with E-state index in [1.807, 2.05) is 0 Å². The Morgan fingerprint density at radius 3 is 2.73 bits per heavy atom. The molecule has 0 aliphatic carbocycles. The second kappa shape index (κ2) is 4.26. The Morgan fingerprint density at radius 1 is 1.60 bits per heavy atom. The zero-order valence-electron chi connectivity index (χ0n) is 7.91. The highest BCUT2D eigenvalue weighted by molar-refractivity contribution is 7.94. The number of aromatic nitrogens is 1. The largest absolute Gasteiger partial charge is 0.480 e. The van der Waals surface area contributed by atoms with E-state index < -0.39 is 21.2 Å². The number of rotatable bonds is 4. The molecule has 1 rings (SSSR count). The number of anilines is 1. The van der Waals surface area contributed by atoms with E-state index in [0.29, 0.717) is 0 Å². The van der Waals surface area contributed by atoms with Crippen LogP contribution in [0.25, 0.3) is 0 Å². The minimum absolute atomic E-state index is 0.241. The second-order valence-electron chi connectivity index (χ2n) is 2.87. The van der Waals surface area contributed by atoms with Gasteiger partial charge >= 0.3 is 5.97 Å². The van der Waals surface area contributed by atoms with E-state index >= 15 is 0 Å². The number of carboxylic acids is 1. The zero-order valence-corrected chi connectivity index (χ0v) is 8.73. The maximum absolute atomic E-state index is 11.4. The van der Waals surface area contributed by atoms with Crippen molar-refractivity contribution < 1.29 is 18.3 Å². The van der Waals surface area contributed by atoms with E-state index in [0.717, 1.165) is 6.92 Å². The predicted molar refractivity (Wildman–Crippen MR) is 53.9 cm³/mol. The average molecular weight is 230 g/mol. The van der Waals surface area contributed by atoms with Gasteiger partial charge < -0.3 is 5.11 Å². The van der Waals surface area contributed by atoms with Crippen LogP contribution in [0, 0.1) is 0 Å². The molecule has 0 aromatic carbocycles. The molecule has 0 bridgehead atoms. The van der Waals surface area contributed by atoms with Crippen LogP contribution in [0.15, 0.2) is 24.5 Å². The van der Waals surface area contributed by atoms with Crippen molar-refractivity contribution in [2.75, 3.05) is 4.72 Å². The molecule has 0 saturated heterocycles. The van der Waals surface area contributed by atoms with Crippen molar-refractivity contribution in [1.82, 2.24) is 4.98 Å². The molecule has 0 spiro atoms. The van der Waals surface area contributed by atoms with Crippen LogP contribution in [0.4, 0.5) is 5.69 Å². The standard InChI is InChI=1S/C8H10N2O4S/c1-6(8(11)12)15(13,14)10-7-3-2-4-9-5-7/h2-6,10H,1H3,(H,11,12). The van der Waals surface area contributed by atoms with Gasteiger partial charge in [-0.05, 0) is 19.1 Å². The molecular weight excluding hydrogens is 220 g/mol. The predicted octanol–water partition coefficient (Wildman–Crippen LogP) is 0.296. The maximum Gasteiger partial charge on any atom is 0.323 e. The van der Waals surface area contributed by atoms with Crippen molar-refractivity contribution >= 4 is 21.7 Å². The SMILES string of the molecule is CC(C(=O)O)S(=O)(=O)Nc1cccnc1. The molecule has 6 nitrogen and oxygen atoms in total. The lowest BCUT2D eigenvalue weighted by molar-refractivity contribution is -0.136. The molecule has 0 aliphatic heterocycles. The number of pyridine rings is 1. The van der Waals surface area contributed by atoms with Crippen LogP contribution < -0.4 is 4.72 Å². The fourth-order valence-corrected chi connectivity index (χ4v) is 1.70. The normalized spacial score (nSPS) is 13.1. The van der Waals surface area contributed by atoms with Gasteiger partial charge in [0.1, 0.15) is 0 Å². The van der Waals surface area contributed by atoms with Gasteiger partial charge in [-0.25, -0.2) is 8.42 Å². The van der Waals surface area contributed by atoms with Gasteiger partial charge in [-0.2, -0.15) is 0 Å². The van der Waals surface area contributed by atoms with E-state index in [4.69, 9.17) is 5.11 Å². The molecule has 1 aromatic rings. The highest BCUT2D eigenvalue weighted by Gasteiger charge is 2.27. The van der Waals surface area contributed by atoms with Crippen molar-refractivity contribution in [1.29, 1.82) is 0 Å². The van der Waals surface area contributed by atoms with Crippen LogP contribution in [-0.2, 0) is 14.8 Å². The molecule has 82 valence electrons. The molecule has 1 atom stereocenters. The van der Waals surface area contributed by atoms with E-state index in [9.17, 15) is 13.2 Å². The molecule has 0 aliphatic rings. The van der Waals surface area contributed by atoms with Gasteiger partial charge in [-0.1, -0.05) is 0 Å². The molecule has 0 radical (unpaired) electrons. The van der Waals surface area contributed by atoms with Crippen molar-refractivity contribution in [3.8, 4) is 0 Å². The van der Waals surface area contributed by atoms with Gasteiger partial charge in [0.15, 0.2) is 5.25 Å². The first-order valence-corrected chi connectivity index (χ1v) is 5.62. The minimum atomic E-state index is -3.90. The third-order valence-electron chi connectivity index (χ3n) is 1.73. The average Bonchev–Trinajstić information content (AvgIpc) is 2.17. The van der Waals surface area contributed by atoms with E-state index in [1.165, 1.54) is 18.5 Å². The molecule has 1 heterocycles. The monoisotopic (exact) mass is 230 g/mol. The van der Waals surface area contributed by atoms with Gasteiger partial charge in [0.2, 0.25) is 10.0 Å². The zero-order chi connectivity index (χ0) is 11.5. The highest BCUT2D eigenvalue weighted by Crippen LogP contribution is 2.09. The fourth-order valence-electron chi connectivity index (χ4n) is 0.809. The van der Waals surface area contributed by atoms with Crippen LogP contribution in [0.3, 0.4) is 0 Å². The van der Waals surface area contributed by atoms with Crippen molar-refractivity contribution in [3.63, 3.8) is 0 Å². The Kier molecular flexibility index (Phi) is 3.25. The summed E-state index contributed by atoms with van der Waals surface area (Å²) in [5, 5.41) is 7.06. The summed E-state index contributed by atoms with van der Waals surface area (Å²) >= 11 is 0. The van der Waals surface area contributed by atoms with Crippen LogP contribution >= 0.6 is 0 Å². The smallest absolute Gasteiger partial charge is 0.323 e. The van der Waals surface area contributed by atoms with E-state index in [2.05, 4.69) is 9.71 Å². The molecule has 1 unspecified atom stereocenters. The number of nitrogens with one attached hydrogen (secondary N) is 1. The summed E-state index contributed by atoms with van der Waals surface area (Å²) in [4.78, 5) is 14.2. The molecular formula is C8H10N2O4S. The van der Waals surface area contributed by atoms with E-state index in [-0.39, 0.29) is 5.69 Å². The van der Waals surface area contributed by atoms with Crippen LogP contribution in [-0.4, -0.2) is 29.7 Å². The summed E-state index contributed by atoms with van der Waals surface area (Å²) in [5.41, 5.74) is 0.241. The van der Waals surface area contributed by atoms with Crippen molar-refractivity contribution in [2.24, 2.45) is 0 Å². The summed E-state index contributed by atoms with van der Waals surface area (Å²) < 4.78 is 25.0. The molecule has 7 heteroatoms. The first-order valence-electron chi connectivity index (χ1n) is 4.08. The molecule has 2 N–H and O–H groups in total. The second-order valence-corrected chi connectivity index (χ2v) is 4.87. The first-order chi connectivity index (χ1) is 6.93. The quantitative estimate of drug-likeness (QED) is 0.775. The lowest BCUT2D eigenvalue weighted by Crippen LogP contribution is -2.32.